The van der Waals surface area contributed by atoms with Gasteiger partial charge in [0.05, 0.1) is 4.34 Å². The minimum Gasteiger partial charge on any atom is -0.143 e. The van der Waals surface area contributed by atoms with Crippen molar-refractivity contribution in [2.75, 3.05) is 0 Å². The van der Waals surface area contributed by atoms with Crippen LogP contribution >= 0.6 is 45.9 Å². The van der Waals surface area contributed by atoms with Gasteiger partial charge in [-0.05, 0) is 49.4 Å². The van der Waals surface area contributed by atoms with Crippen molar-refractivity contribution in [1.29, 1.82) is 0 Å². The Morgan fingerprint density at radius 1 is 1.06 bits per heavy atom. The molecule has 0 spiro atoms. The Kier molecular flexibility index (Phi) is 3.49. The van der Waals surface area contributed by atoms with Crippen LogP contribution in [-0.4, -0.2) is 0 Å². The summed E-state index contributed by atoms with van der Waals surface area (Å²) in [7, 11) is 0. The zero-order valence-electron chi connectivity index (χ0n) is 9.21. The van der Waals surface area contributed by atoms with Crippen molar-refractivity contribution >= 4 is 45.9 Å². The van der Waals surface area contributed by atoms with Crippen molar-refractivity contribution in [3.05, 3.63) is 42.7 Å². The number of alkyl halides is 1. The van der Waals surface area contributed by atoms with E-state index in [4.69, 9.17) is 23.2 Å². The van der Waals surface area contributed by atoms with Crippen LogP contribution < -0.4 is 0 Å². The number of fused-ring (bicyclic) bond motifs is 1. The first-order valence-corrected chi connectivity index (χ1v) is 8.19. The standard InChI is InChI=1S/C13H12Cl2S2/c14-12-6-5-10(17-12)13(15)11-7-8-3-1-2-4-9(8)16-11/h5-7,13H,1-4H2. The summed E-state index contributed by atoms with van der Waals surface area (Å²) in [4.78, 5) is 3.96. The van der Waals surface area contributed by atoms with Crippen LogP contribution in [-0.2, 0) is 12.8 Å². The molecule has 2 aromatic heterocycles. The molecule has 2 heterocycles. The van der Waals surface area contributed by atoms with E-state index < -0.39 is 0 Å². The summed E-state index contributed by atoms with van der Waals surface area (Å²) in [5.41, 5.74) is 1.52. The lowest BCUT2D eigenvalue weighted by Crippen LogP contribution is -1.96. The van der Waals surface area contributed by atoms with E-state index in [-0.39, 0.29) is 5.38 Å². The molecule has 0 bridgehead atoms. The lowest BCUT2D eigenvalue weighted by Gasteiger charge is -2.08. The Balaban J connectivity index is 1.91. The maximum atomic E-state index is 6.53. The Bertz CT molecular complexity index is 504. The largest absolute Gasteiger partial charge is 0.143 e. The number of aryl methyl sites for hydroxylation is 2. The fourth-order valence-corrected chi connectivity index (χ4v) is 5.03. The molecule has 1 unspecified atom stereocenters. The molecule has 2 aromatic rings. The van der Waals surface area contributed by atoms with Crippen LogP contribution in [0, 0.1) is 0 Å². The molecule has 0 radical (unpaired) electrons. The van der Waals surface area contributed by atoms with Crippen LogP contribution in [0.3, 0.4) is 0 Å². The first-order chi connectivity index (χ1) is 8.24. The van der Waals surface area contributed by atoms with E-state index in [0.29, 0.717) is 0 Å². The zero-order valence-corrected chi connectivity index (χ0v) is 12.4. The quantitative estimate of drug-likeness (QED) is 0.627. The molecule has 0 nitrogen and oxygen atoms in total. The first-order valence-electron chi connectivity index (χ1n) is 5.75. The molecule has 0 aliphatic heterocycles. The smallest absolute Gasteiger partial charge is 0.102 e. The lowest BCUT2D eigenvalue weighted by molar-refractivity contribution is 0.697. The number of hydrogen-bond acceptors (Lipinski definition) is 2. The van der Waals surface area contributed by atoms with E-state index in [2.05, 4.69) is 6.07 Å². The second-order valence-corrected chi connectivity index (χ2v) is 7.66. The molecule has 0 aromatic carbocycles. The molecule has 1 atom stereocenters. The molecular formula is C13H12Cl2S2. The Labute approximate surface area is 119 Å². The van der Waals surface area contributed by atoms with Gasteiger partial charge in [0.1, 0.15) is 5.38 Å². The highest BCUT2D eigenvalue weighted by Gasteiger charge is 2.19. The summed E-state index contributed by atoms with van der Waals surface area (Å²) in [6, 6.07) is 6.25. The van der Waals surface area contributed by atoms with E-state index in [1.54, 1.807) is 16.2 Å². The van der Waals surface area contributed by atoms with Crippen LogP contribution in [0.15, 0.2) is 18.2 Å². The first kappa shape index (κ1) is 12.0. The van der Waals surface area contributed by atoms with E-state index in [1.807, 2.05) is 23.5 Å². The van der Waals surface area contributed by atoms with Gasteiger partial charge in [0.2, 0.25) is 0 Å². The Hall–Kier alpha value is -0.0200. The van der Waals surface area contributed by atoms with Gasteiger partial charge in [-0.1, -0.05) is 11.6 Å². The van der Waals surface area contributed by atoms with Crippen LogP contribution in [0.4, 0.5) is 0 Å². The van der Waals surface area contributed by atoms with E-state index in [0.717, 1.165) is 9.21 Å². The molecular weight excluding hydrogens is 291 g/mol. The predicted molar refractivity (Wildman–Crippen MR) is 78.0 cm³/mol. The van der Waals surface area contributed by atoms with Crippen molar-refractivity contribution in [2.45, 2.75) is 31.1 Å². The molecule has 90 valence electrons. The van der Waals surface area contributed by atoms with Crippen molar-refractivity contribution in [3.63, 3.8) is 0 Å². The third-order valence-electron chi connectivity index (χ3n) is 3.11. The second-order valence-electron chi connectivity index (χ2n) is 4.31. The topological polar surface area (TPSA) is 0 Å². The molecule has 0 saturated heterocycles. The molecule has 1 aliphatic carbocycles. The molecule has 4 heteroatoms. The highest BCUT2D eigenvalue weighted by molar-refractivity contribution is 7.17. The number of hydrogen-bond donors (Lipinski definition) is 0. The van der Waals surface area contributed by atoms with Gasteiger partial charge in [-0.2, -0.15) is 0 Å². The fourth-order valence-electron chi connectivity index (χ4n) is 2.24. The summed E-state index contributed by atoms with van der Waals surface area (Å²) in [5.74, 6) is 0. The third kappa shape index (κ3) is 2.41. The SMILES string of the molecule is Clc1ccc(C(Cl)c2cc3c(s2)CCCC3)s1. The number of rotatable bonds is 2. The maximum absolute atomic E-state index is 6.53. The summed E-state index contributed by atoms with van der Waals surface area (Å²) < 4.78 is 0.812. The molecule has 0 N–H and O–H groups in total. The summed E-state index contributed by atoms with van der Waals surface area (Å²) in [5, 5.41) is -0.0249. The minimum atomic E-state index is -0.0249. The van der Waals surface area contributed by atoms with Gasteiger partial charge in [0, 0.05) is 14.6 Å². The van der Waals surface area contributed by atoms with Crippen LogP contribution in [0.1, 0.15) is 38.4 Å². The molecule has 0 amide bonds. The highest BCUT2D eigenvalue weighted by atomic mass is 35.5. The minimum absolute atomic E-state index is 0.0249. The van der Waals surface area contributed by atoms with Crippen LogP contribution in [0.25, 0.3) is 0 Å². The molecule has 0 fully saturated rings. The molecule has 17 heavy (non-hydrogen) atoms. The Morgan fingerprint density at radius 3 is 2.59 bits per heavy atom. The van der Waals surface area contributed by atoms with E-state index in [9.17, 15) is 0 Å². The molecule has 1 aliphatic rings. The van der Waals surface area contributed by atoms with Crippen molar-refractivity contribution < 1.29 is 0 Å². The predicted octanol–water partition coefficient (Wildman–Crippen LogP) is 5.67. The van der Waals surface area contributed by atoms with Gasteiger partial charge < -0.3 is 0 Å². The van der Waals surface area contributed by atoms with Gasteiger partial charge in [0.25, 0.3) is 0 Å². The fraction of sp³-hybridized carbons (Fsp3) is 0.385. The third-order valence-corrected chi connectivity index (χ3v) is 6.44. The summed E-state index contributed by atoms with van der Waals surface area (Å²) >= 11 is 15.9. The number of halogens is 2. The van der Waals surface area contributed by atoms with Gasteiger partial charge in [0.15, 0.2) is 0 Å². The zero-order chi connectivity index (χ0) is 11.8. The highest BCUT2D eigenvalue weighted by Crippen LogP contribution is 2.41. The lowest BCUT2D eigenvalue weighted by atomic mass is 9.99. The maximum Gasteiger partial charge on any atom is 0.102 e. The van der Waals surface area contributed by atoms with Crippen LogP contribution in [0.5, 0.6) is 0 Å². The van der Waals surface area contributed by atoms with Crippen molar-refractivity contribution in [3.8, 4) is 0 Å². The van der Waals surface area contributed by atoms with Crippen molar-refractivity contribution in [1.82, 2.24) is 0 Å². The van der Waals surface area contributed by atoms with Gasteiger partial charge >= 0.3 is 0 Å². The average Bonchev–Trinajstić information content (AvgIpc) is 2.93. The summed E-state index contributed by atoms with van der Waals surface area (Å²) in [6.45, 7) is 0. The summed E-state index contributed by atoms with van der Waals surface area (Å²) in [6.07, 6.45) is 5.10. The number of thiophene rings is 2. The van der Waals surface area contributed by atoms with Crippen molar-refractivity contribution in [2.24, 2.45) is 0 Å². The van der Waals surface area contributed by atoms with Gasteiger partial charge in [-0.25, -0.2) is 0 Å². The average molecular weight is 303 g/mol. The van der Waals surface area contributed by atoms with Gasteiger partial charge in [-0.3, -0.25) is 0 Å². The molecule has 3 rings (SSSR count). The molecule has 0 saturated carbocycles. The normalized spacial score (nSPS) is 16.8. The van der Waals surface area contributed by atoms with Gasteiger partial charge in [-0.15, -0.1) is 34.3 Å². The Morgan fingerprint density at radius 2 is 1.88 bits per heavy atom. The second kappa shape index (κ2) is 4.93. The van der Waals surface area contributed by atoms with E-state index >= 15 is 0 Å². The monoisotopic (exact) mass is 302 g/mol. The van der Waals surface area contributed by atoms with Crippen LogP contribution in [0.2, 0.25) is 4.34 Å². The van der Waals surface area contributed by atoms with E-state index in [1.165, 1.54) is 36.1 Å².